The number of benzene rings is 1. The highest BCUT2D eigenvalue weighted by Crippen LogP contribution is 2.40. The molecule has 1 N–H and O–H groups in total. The molecule has 0 bridgehead atoms. The Bertz CT molecular complexity index is 987. The molecule has 0 radical (unpaired) electrons. The predicted molar refractivity (Wildman–Crippen MR) is 114 cm³/mol. The van der Waals surface area contributed by atoms with E-state index in [9.17, 15) is 4.79 Å². The van der Waals surface area contributed by atoms with Gasteiger partial charge in [0.2, 0.25) is 5.91 Å². The molecule has 6 heteroatoms. The number of thiophene rings is 1. The zero-order chi connectivity index (χ0) is 19.0. The van der Waals surface area contributed by atoms with E-state index in [4.69, 9.17) is 0 Å². The SMILES string of the molecule is CC(C)(C)c1ccc(NC(=O)CSc2ncnc3sc4c(c23)CCC4)cc1. The van der Waals surface area contributed by atoms with Crippen LogP contribution in [0.5, 0.6) is 0 Å². The highest BCUT2D eigenvalue weighted by atomic mass is 32.2. The van der Waals surface area contributed by atoms with Crippen molar-refractivity contribution in [2.45, 2.75) is 50.5 Å². The number of carbonyl (C=O) groups excluding carboxylic acids is 1. The second-order valence-corrected chi connectivity index (χ2v) is 9.93. The number of hydrogen-bond donors (Lipinski definition) is 1. The van der Waals surface area contributed by atoms with E-state index in [1.807, 2.05) is 12.1 Å². The fourth-order valence-electron chi connectivity index (χ4n) is 3.39. The van der Waals surface area contributed by atoms with Crippen LogP contribution in [0.4, 0.5) is 5.69 Å². The third-order valence-electron chi connectivity index (χ3n) is 4.84. The van der Waals surface area contributed by atoms with Crippen molar-refractivity contribution in [3.05, 3.63) is 46.6 Å². The van der Waals surface area contributed by atoms with Gasteiger partial charge in [-0.2, -0.15) is 0 Å². The molecule has 0 spiro atoms. The normalized spacial score (nSPS) is 13.7. The summed E-state index contributed by atoms with van der Waals surface area (Å²) in [5.41, 5.74) is 3.59. The number of amides is 1. The van der Waals surface area contributed by atoms with Crippen LogP contribution in [0.15, 0.2) is 35.6 Å². The lowest BCUT2D eigenvalue weighted by atomic mass is 9.87. The van der Waals surface area contributed by atoms with Crippen molar-refractivity contribution >= 4 is 44.9 Å². The van der Waals surface area contributed by atoms with E-state index in [1.54, 1.807) is 17.7 Å². The predicted octanol–water partition coefficient (Wildman–Crippen LogP) is 5.21. The van der Waals surface area contributed by atoms with E-state index < -0.39 is 0 Å². The molecule has 0 fully saturated rings. The number of carbonyl (C=O) groups is 1. The van der Waals surface area contributed by atoms with Crippen molar-refractivity contribution < 1.29 is 4.79 Å². The van der Waals surface area contributed by atoms with Gasteiger partial charge in [-0.3, -0.25) is 4.79 Å². The van der Waals surface area contributed by atoms with Crippen molar-refractivity contribution in [1.82, 2.24) is 9.97 Å². The van der Waals surface area contributed by atoms with Crippen LogP contribution >= 0.6 is 23.1 Å². The summed E-state index contributed by atoms with van der Waals surface area (Å²) in [5, 5.41) is 5.08. The maximum atomic E-state index is 12.4. The van der Waals surface area contributed by atoms with Crippen LogP contribution < -0.4 is 5.32 Å². The van der Waals surface area contributed by atoms with Gasteiger partial charge in [-0.25, -0.2) is 9.97 Å². The summed E-state index contributed by atoms with van der Waals surface area (Å²) in [6.07, 6.45) is 5.06. The standard InChI is InChI=1S/C21H23N3OS2/c1-21(2,3)13-7-9-14(10-8-13)24-17(25)11-26-19-18-15-5-4-6-16(15)27-20(18)23-12-22-19/h7-10,12H,4-6,11H2,1-3H3,(H,24,25). The number of thioether (sulfide) groups is 1. The number of hydrogen-bond acceptors (Lipinski definition) is 5. The highest BCUT2D eigenvalue weighted by Gasteiger charge is 2.21. The number of aromatic nitrogens is 2. The lowest BCUT2D eigenvalue weighted by Gasteiger charge is -2.19. The van der Waals surface area contributed by atoms with Crippen LogP contribution in [0.1, 0.15) is 43.2 Å². The molecule has 1 amide bonds. The summed E-state index contributed by atoms with van der Waals surface area (Å²) in [5.74, 6) is 0.333. The van der Waals surface area contributed by atoms with E-state index in [0.717, 1.165) is 28.4 Å². The summed E-state index contributed by atoms with van der Waals surface area (Å²) in [6, 6.07) is 8.09. The van der Waals surface area contributed by atoms with Gasteiger partial charge in [0.25, 0.3) is 0 Å². The fraction of sp³-hybridized carbons (Fsp3) is 0.381. The van der Waals surface area contributed by atoms with E-state index in [1.165, 1.54) is 39.6 Å². The molecule has 1 aliphatic rings. The average Bonchev–Trinajstić information content (AvgIpc) is 3.20. The number of fused-ring (bicyclic) bond motifs is 3. The second-order valence-electron chi connectivity index (χ2n) is 7.88. The lowest BCUT2D eigenvalue weighted by Crippen LogP contribution is -2.15. The molecule has 1 aliphatic carbocycles. The van der Waals surface area contributed by atoms with Crippen LogP contribution in [0.3, 0.4) is 0 Å². The van der Waals surface area contributed by atoms with Crippen molar-refractivity contribution in [3.63, 3.8) is 0 Å². The van der Waals surface area contributed by atoms with Crippen LogP contribution in [0.2, 0.25) is 0 Å². The van der Waals surface area contributed by atoms with E-state index in [-0.39, 0.29) is 11.3 Å². The van der Waals surface area contributed by atoms with Crippen molar-refractivity contribution in [2.24, 2.45) is 0 Å². The third kappa shape index (κ3) is 3.87. The van der Waals surface area contributed by atoms with Gasteiger partial charge < -0.3 is 5.32 Å². The molecule has 0 aliphatic heterocycles. The summed E-state index contributed by atoms with van der Waals surface area (Å²) in [6.45, 7) is 6.54. The van der Waals surface area contributed by atoms with Gasteiger partial charge in [-0.15, -0.1) is 11.3 Å². The quantitative estimate of drug-likeness (QED) is 0.485. The summed E-state index contributed by atoms with van der Waals surface area (Å²) in [4.78, 5) is 23.8. The molecule has 0 saturated heterocycles. The maximum absolute atomic E-state index is 12.4. The Labute approximate surface area is 167 Å². The van der Waals surface area contributed by atoms with Gasteiger partial charge in [0.1, 0.15) is 16.2 Å². The number of rotatable bonds is 4. The minimum atomic E-state index is -0.0119. The number of anilines is 1. The molecule has 0 unspecified atom stereocenters. The first-order chi connectivity index (χ1) is 12.9. The zero-order valence-electron chi connectivity index (χ0n) is 15.8. The van der Waals surface area contributed by atoms with Crippen LogP contribution in [-0.2, 0) is 23.1 Å². The Morgan fingerprint density at radius 2 is 1.96 bits per heavy atom. The summed E-state index contributed by atoms with van der Waals surface area (Å²) in [7, 11) is 0. The van der Waals surface area contributed by atoms with Gasteiger partial charge in [0.05, 0.1) is 5.75 Å². The Morgan fingerprint density at radius 3 is 2.70 bits per heavy atom. The van der Waals surface area contributed by atoms with Crippen LogP contribution in [0, 0.1) is 0 Å². The molecular weight excluding hydrogens is 374 g/mol. The molecule has 4 rings (SSSR count). The van der Waals surface area contributed by atoms with Crippen molar-refractivity contribution in [3.8, 4) is 0 Å². The second kappa shape index (κ2) is 7.24. The van der Waals surface area contributed by atoms with Gasteiger partial charge in [-0.1, -0.05) is 44.7 Å². The molecule has 140 valence electrons. The summed E-state index contributed by atoms with van der Waals surface area (Å²) < 4.78 is 0. The van der Waals surface area contributed by atoms with Gasteiger partial charge in [0.15, 0.2) is 0 Å². The Morgan fingerprint density at radius 1 is 1.19 bits per heavy atom. The molecule has 0 saturated carbocycles. The van der Waals surface area contributed by atoms with Gasteiger partial charge in [-0.05, 0) is 47.9 Å². The first-order valence-electron chi connectivity index (χ1n) is 9.20. The van der Waals surface area contributed by atoms with Crippen LogP contribution in [0.25, 0.3) is 10.2 Å². The molecule has 0 atom stereocenters. The lowest BCUT2D eigenvalue weighted by molar-refractivity contribution is -0.113. The van der Waals surface area contributed by atoms with Crippen LogP contribution in [-0.4, -0.2) is 21.6 Å². The largest absolute Gasteiger partial charge is 0.325 e. The van der Waals surface area contributed by atoms with Gasteiger partial charge in [0, 0.05) is 16.0 Å². The highest BCUT2D eigenvalue weighted by molar-refractivity contribution is 8.00. The van der Waals surface area contributed by atoms with E-state index >= 15 is 0 Å². The monoisotopic (exact) mass is 397 g/mol. The molecule has 27 heavy (non-hydrogen) atoms. The minimum Gasteiger partial charge on any atom is -0.325 e. The summed E-state index contributed by atoms with van der Waals surface area (Å²) >= 11 is 3.27. The first kappa shape index (κ1) is 18.4. The molecule has 3 aromatic rings. The Balaban J connectivity index is 1.43. The van der Waals surface area contributed by atoms with Crippen molar-refractivity contribution in [1.29, 1.82) is 0 Å². The average molecular weight is 398 g/mol. The molecular formula is C21H23N3OS2. The van der Waals surface area contributed by atoms with E-state index in [2.05, 4.69) is 48.2 Å². The Kier molecular flexibility index (Phi) is 4.95. The Hall–Kier alpha value is -1.92. The zero-order valence-corrected chi connectivity index (χ0v) is 17.5. The van der Waals surface area contributed by atoms with E-state index in [0.29, 0.717) is 5.75 Å². The fourth-order valence-corrected chi connectivity index (χ4v) is 5.51. The molecule has 2 heterocycles. The molecule has 1 aromatic carbocycles. The number of nitrogens with zero attached hydrogens (tertiary/aromatic N) is 2. The number of aryl methyl sites for hydroxylation is 2. The smallest absolute Gasteiger partial charge is 0.234 e. The van der Waals surface area contributed by atoms with Crippen molar-refractivity contribution in [2.75, 3.05) is 11.1 Å². The number of nitrogens with one attached hydrogen (secondary N) is 1. The molecule has 2 aromatic heterocycles. The third-order valence-corrected chi connectivity index (χ3v) is 7.03. The van der Waals surface area contributed by atoms with Gasteiger partial charge >= 0.3 is 0 Å². The minimum absolute atomic E-state index is 0.0119. The topological polar surface area (TPSA) is 54.9 Å². The maximum Gasteiger partial charge on any atom is 0.234 e. The molecule has 4 nitrogen and oxygen atoms in total. The first-order valence-corrected chi connectivity index (χ1v) is 11.0.